The number of nitrogens with two attached hydrogens (primary N) is 1. The van der Waals surface area contributed by atoms with E-state index in [0.29, 0.717) is 13.0 Å². The summed E-state index contributed by atoms with van der Waals surface area (Å²) in [6.07, 6.45) is -0.0848. The van der Waals surface area contributed by atoms with E-state index in [2.05, 4.69) is 0 Å². The van der Waals surface area contributed by atoms with Gasteiger partial charge in [0.15, 0.2) is 6.10 Å². The number of carbonyl (C=O) groups excluding carboxylic acids is 1. The van der Waals surface area contributed by atoms with E-state index in [1.165, 1.54) is 0 Å². The molecule has 0 aromatic carbocycles. The van der Waals surface area contributed by atoms with Crippen LogP contribution < -0.4 is 5.73 Å². The molecule has 3 N–H and O–H groups in total. The maximum Gasteiger partial charge on any atom is 0.249 e. The largest absolute Gasteiger partial charge is 0.390 e. The topological polar surface area (TPSA) is 72.6 Å². The summed E-state index contributed by atoms with van der Waals surface area (Å²) in [5, 5.41) is 9.11. The number of aliphatic hydroxyl groups excluding tert-OH is 1. The minimum atomic E-state index is -0.784. The Morgan fingerprint density at radius 1 is 1.70 bits per heavy atom. The van der Waals surface area contributed by atoms with Crippen molar-refractivity contribution in [3.63, 3.8) is 0 Å². The van der Waals surface area contributed by atoms with Crippen molar-refractivity contribution in [1.29, 1.82) is 0 Å². The van der Waals surface area contributed by atoms with Crippen LogP contribution in [0.2, 0.25) is 0 Å². The zero-order valence-electron chi connectivity index (χ0n) is 5.62. The highest BCUT2D eigenvalue weighted by Gasteiger charge is 2.28. The molecule has 58 valence electrons. The second kappa shape index (κ2) is 2.98. The molecule has 4 heteroatoms. The van der Waals surface area contributed by atoms with Gasteiger partial charge < -0.3 is 15.6 Å². The zero-order chi connectivity index (χ0) is 7.56. The van der Waals surface area contributed by atoms with Gasteiger partial charge in [-0.15, -0.1) is 0 Å². The lowest BCUT2D eigenvalue weighted by atomic mass is 10.1. The Kier molecular flexibility index (Phi) is 2.24. The molecule has 10 heavy (non-hydrogen) atoms. The molecule has 4 nitrogen and oxygen atoms in total. The Hall–Kier alpha value is -0.610. The molecule has 1 unspecified atom stereocenters. The van der Waals surface area contributed by atoms with E-state index in [4.69, 9.17) is 15.6 Å². The Bertz CT molecular complexity index is 137. The van der Waals surface area contributed by atoms with E-state index in [-0.39, 0.29) is 0 Å². The fourth-order valence-corrected chi connectivity index (χ4v) is 1.04. The van der Waals surface area contributed by atoms with Crippen molar-refractivity contribution in [2.45, 2.75) is 25.0 Å². The van der Waals surface area contributed by atoms with Crippen molar-refractivity contribution in [3.8, 4) is 0 Å². The summed E-state index contributed by atoms with van der Waals surface area (Å²) in [5.74, 6) is -0.577. The highest BCUT2D eigenvalue weighted by molar-refractivity contribution is 5.79. The third-order valence-corrected chi connectivity index (χ3v) is 1.57. The second-order valence-electron chi connectivity index (χ2n) is 2.40. The molecule has 0 saturated carbocycles. The van der Waals surface area contributed by atoms with Crippen LogP contribution in [-0.2, 0) is 9.53 Å². The molecular weight excluding hydrogens is 134 g/mol. The van der Waals surface area contributed by atoms with Gasteiger partial charge in [-0.2, -0.15) is 0 Å². The summed E-state index contributed by atoms with van der Waals surface area (Å²) in [7, 11) is 0. The summed E-state index contributed by atoms with van der Waals surface area (Å²) < 4.78 is 4.93. The smallest absolute Gasteiger partial charge is 0.249 e. The van der Waals surface area contributed by atoms with E-state index in [0.717, 1.165) is 6.42 Å². The standard InChI is InChI=1S/C6H11NO3/c7-6(9)5-4(8)2-1-3-10-5/h4-5,8H,1-3H2,(H2,7,9)/t4-,5?/m1/s1. The Labute approximate surface area is 59.0 Å². The first-order valence-corrected chi connectivity index (χ1v) is 3.31. The monoisotopic (exact) mass is 145 g/mol. The molecule has 0 aliphatic carbocycles. The van der Waals surface area contributed by atoms with Crippen LogP contribution in [-0.4, -0.2) is 29.8 Å². The van der Waals surface area contributed by atoms with Crippen LogP contribution in [0.5, 0.6) is 0 Å². The lowest BCUT2D eigenvalue weighted by Gasteiger charge is -2.24. The quantitative estimate of drug-likeness (QED) is 0.497. The summed E-state index contributed by atoms with van der Waals surface area (Å²) in [5.41, 5.74) is 4.93. The van der Waals surface area contributed by atoms with Gasteiger partial charge >= 0.3 is 0 Å². The third-order valence-electron chi connectivity index (χ3n) is 1.57. The summed E-state index contributed by atoms with van der Waals surface area (Å²) in [6, 6.07) is 0. The first-order valence-electron chi connectivity index (χ1n) is 3.31. The van der Waals surface area contributed by atoms with Crippen LogP contribution in [0.1, 0.15) is 12.8 Å². The lowest BCUT2D eigenvalue weighted by molar-refractivity contribution is -0.143. The van der Waals surface area contributed by atoms with Gasteiger partial charge in [0.2, 0.25) is 5.91 Å². The highest BCUT2D eigenvalue weighted by Crippen LogP contribution is 2.12. The maximum atomic E-state index is 10.5. The molecule has 1 amide bonds. The van der Waals surface area contributed by atoms with Crippen LogP contribution in [0.25, 0.3) is 0 Å². The number of ether oxygens (including phenoxy) is 1. The Morgan fingerprint density at radius 3 is 2.80 bits per heavy atom. The number of hydrogen-bond acceptors (Lipinski definition) is 3. The number of aliphatic hydroxyl groups is 1. The number of rotatable bonds is 1. The van der Waals surface area contributed by atoms with Crippen molar-refractivity contribution in [2.24, 2.45) is 5.73 Å². The summed E-state index contributed by atoms with van der Waals surface area (Å²) in [6.45, 7) is 0.519. The first-order chi connectivity index (χ1) is 4.72. The average Bonchev–Trinajstić information content (AvgIpc) is 1.88. The van der Waals surface area contributed by atoms with Gasteiger partial charge in [0.25, 0.3) is 0 Å². The van der Waals surface area contributed by atoms with Gasteiger partial charge in [0.05, 0.1) is 6.10 Å². The molecule has 1 saturated heterocycles. The van der Waals surface area contributed by atoms with E-state index >= 15 is 0 Å². The fraction of sp³-hybridized carbons (Fsp3) is 0.833. The van der Waals surface area contributed by atoms with Gasteiger partial charge in [-0.25, -0.2) is 0 Å². The first kappa shape index (κ1) is 7.50. The summed E-state index contributed by atoms with van der Waals surface area (Å²) in [4.78, 5) is 10.5. The molecule has 0 radical (unpaired) electrons. The number of hydrogen-bond donors (Lipinski definition) is 2. The molecule has 1 rings (SSSR count). The van der Waals surface area contributed by atoms with E-state index in [1.807, 2.05) is 0 Å². The molecule has 0 aromatic rings. The van der Waals surface area contributed by atoms with Gasteiger partial charge in [-0.05, 0) is 12.8 Å². The number of carbonyl (C=O) groups is 1. The van der Waals surface area contributed by atoms with Gasteiger partial charge in [-0.3, -0.25) is 4.79 Å². The maximum absolute atomic E-state index is 10.5. The molecule has 1 heterocycles. The SMILES string of the molecule is NC(=O)C1OCCC[C@H]1O. The molecular formula is C6H11NO3. The van der Waals surface area contributed by atoms with Crippen molar-refractivity contribution < 1.29 is 14.6 Å². The molecule has 2 atom stereocenters. The van der Waals surface area contributed by atoms with Crippen molar-refractivity contribution in [1.82, 2.24) is 0 Å². The van der Waals surface area contributed by atoms with Crippen LogP contribution in [0, 0.1) is 0 Å². The normalized spacial score (nSPS) is 33.7. The van der Waals surface area contributed by atoms with Gasteiger partial charge in [0, 0.05) is 6.61 Å². The zero-order valence-corrected chi connectivity index (χ0v) is 5.62. The van der Waals surface area contributed by atoms with Crippen molar-refractivity contribution in [2.75, 3.05) is 6.61 Å². The van der Waals surface area contributed by atoms with Crippen LogP contribution in [0.3, 0.4) is 0 Å². The van der Waals surface area contributed by atoms with Gasteiger partial charge in [-0.1, -0.05) is 0 Å². The molecule has 1 aliphatic heterocycles. The number of primary amides is 1. The molecule has 0 spiro atoms. The van der Waals surface area contributed by atoms with Crippen molar-refractivity contribution in [3.05, 3.63) is 0 Å². The van der Waals surface area contributed by atoms with E-state index in [1.54, 1.807) is 0 Å². The Morgan fingerprint density at radius 2 is 2.40 bits per heavy atom. The third kappa shape index (κ3) is 1.46. The van der Waals surface area contributed by atoms with Crippen LogP contribution in [0.4, 0.5) is 0 Å². The van der Waals surface area contributed by atoms with E-state index < -0.39 is 18.1 Å². The predicted octanol–water partition coefficient (Wildman–Crippen LogP) is -0.988. The number of amides is 1. The minimum Gasteiger partial charge on any atom is -0.390 e. The fourth-order valence-electron chi connectivity index (χ4n) is 1.04. The predicted molar refractivity (Wildman–Crippen MR) is 34.2 cm³/mol. The Balaban J connectivity index is 2.47. The lowest BCUT2D eigenvalue weighted by Crippen LogP contribution is -2.43. The van der Waals surface area contributed by atoms with Gasteiger partial charge in [0.1, 0.15) is 0 Å². The molecule has 0 bridgehead atoms. The summed E-state index contributed by atoms with van der Waals surface area (Å²) >= 11 is 0. The molecule has 1 aliphatic rings. The average molecular weight is 145 g/mol. The van der Waals surface area contributed by atoms with E-state index in [9.17, 15) is 4.79 Å². The minimum absolute atomic E-state index is 0.519. The molecule has 1 fully saturated rings. The van der Waals surface area contributed by atoms with Crippen molar-refractivity contribution >= 4 is 5.91 Å². The molecule has 0 aromatic heterocycles. The van der Waals surface area contributed by atoms with Crippen LogP contribution in [0.15, 0.2) is 0 Å². The second-order valence-corrected chi connectivity index (χ2v) is 2.40. The van der Waals surface area contributed by atoms with Crippen LogP contribution >= 0.6 is 0 Å². The highest BCUT2D eigenvalue weighted by atomic mass is 16.5.